The molecule has 1 aromatic rings. The Morgan fingerprint density at radius 2 is 1.96 bits per heavy atom. The van der Waals surface area contributed by atoms with E-state index in [9.17, 15) is 13.2 Å². The maximum absolute atomic E-state index is 13.0. The van der Waals surface area contributed by atoms with E-state index in [0.29, 0.717) is 32.5 Å². The molecule has 1 aromatic heterocycles. The minimum atomic E-state index is -3.21. The number of likely N-dealkylation sites (tertiary alicyclic amines) is 1. The Morgan fingerprint density at radius 3 is 2.36 bits per heavy atom. The number of amides is 1. The standard InChI is InChI=1S/C16H29N5O3S/c1-6-21(25(5,23)24)13-7-9-20(10-8-13)16(22)15(18(2)3)14-11-17-12-19(14)4/h11-13,15H,6-10H2,1-5H3. The third kappa shape index (κ3) is 4.39. The molecule has 2 rings (SSSR count). The van der Waals surface area contributed by atoms with Crippen molar-refractivity contribution >= 4 is 15.9 Å². The van der Waals surface area contributed by atoms with Crippen LogP contribution in [-0.2, 0) is 21.9 Å². The minimum Gasteiger partial charge on any atom is -0.341 e. The molecule has 1 unspecified atom stereocenters. The Kier molecular flexibility index (Phi) is 6.23. The lowest BCUT2D eigenvalue weighted by atomic mass is 10.0. The van der Waals surface area contributed by atoms with Gasteiger partial charge in [0.1, 0.15) is 6.04 Å². The first kappa shape index (κ1) is 19.9. The van der Waals surface area contributed by atoms with Gasteiger partial charge in [0, 0.05) is 32.7 Å². The van der Waals surface area contributed by atoms with Crippen molar-refractivity contribution < 1.29 is 13.2 Å². The summed E-state index contributed by atoms with van der Waals surface area (Å²) in [5.74, 6) is 0.0365. The SMILES string of the molecule is CCN(C1CCN(C(=O)C(c2cncn2C)N(C)C)CC1)S(C)(=O)=O. The van der Waals surface area contributed by atoms with Crippen molar-refractivity contribution in [1.82, 2.24) is 23.7 Å². The smallest absolute Gasteiger partial charge is 0.246 e. The van der Waals surface area contributed by atoms with Gasteiger partial charge in [0.2, 0.25) is 15.9 Å². The quantitative estimate of drug-likeness (QED) is 0.718. The van der Waals surface area contributed by atoms with Gasteiger partial charge >= 0.3 is 0 Å². The van der Waals surface area contributed by atoms with Crippen molar-refractivity contribution in [1.29, 1.82) is 0 Å². The van der Waals surface area contributed by atoms with Gasteiger partial charge in [-0.05, 0) is 26.9 Å². The summed E-state index contributed by atoms with van der Waals surface area (Å²) in [7, 11) is 2.42. The van der Waals surface area contributed by atoms with Crippen LogP contribution in [0.1, 0.15) is 31.5 Å². The molecule has 1 aliphatic rings. The molecular weight excluding hydrogens is 342 g/mol. The molecular formula is C16H29N5O3S. The van der Waals surface area contributed by atoms with Gasteiger partial charge in [-0.2, -0.15) is 4.31 Å². The van der Waals surface area contributed by atoms with Crippen LogP contribution in [0.2, 0.25) is 0 Å². The summed E-state index contributed by atoms with van der Waals surface area (Å²) in [6.45, 7) is 3.45. The lowest BCUT2D eigenvalue weighted by molar-refractivity contribution is -0.138. The maximum atomic E-state index is 13.0. The lowest BCUT2D eigenvalue weighted by Gasteiger charge is -2.39. The average molecular weight is 372 g/mol. The number of hydrogen-bond acceptors (Lipinski definition) is 5. The van der Waals surface area contributed by atoms with Gasteiger partial charge < -0.3 is 9.47 Å². The number of carbonyl (C=O) groups excluding carboxylic acids is 1. The van der Waals surface area contributed by atoms with Crippen molar-refractivity contribution in [2.75, 3.05) is 40.0 Å². The Bertz CT molecular complexity index is 692. The zero-order valence-electron chi connectivity index (χ0n) is 15.7. The van der Waals surface area contributed by atoms with Gasteiger partial charge in [0.15, 0.2) is 0 Å². The van der Waals surface area contributed by atoms with E-state index < -0.39 is 10.0 Å². The van der Waals surface area contributed by atoms with Crippen LogP contribution in [0.25, 0.3) is 0 Å². The van der Waals surface area contributed by atoms with Crippen LogP contribution < -0.4 is 0 Å². The average Bonchev–Trinajstić information content (AvgIpc) is 2.93. The Labute approximate surface area is 150 Å². The molecule has 0 N–H and O–H groups in total. The van der Waals surface area contributed by atoms with E-state index in [2.05, 4.69) is 4.98 Å². The van der Waals surface area contributed by atoms with E-state index in [1.165, 1.54) is 6.26 Å². The molecule has 8 nitrogen and oxygen atoms in total. The first-order valence-corrected chi connectivity index (χ1v) is 10.4. The van der Waals surface area contributed by atoms with Crippen LogP contribution in [0.4, 0.5) is 0 Å². The third-order valence-electron chi connectivity index (χ3n) is 4.81. The monoisotopic (exact) mass is 371 g/mol. The third-order valence-corrected chi connectivity index (χ3v) is 6.21. The van der Waals surface area contributed by atoms with E-state index in [1.54, 1.807) is 16.8 Å². The number of nitrogens with zero attached hydrogens (tertiary/aromatic N) is 5. The largest absolute Gasteiger partial charge is 0.341 e. The van der Waals surface area contributed by atoms with Gasteiger partial charge in [-0.3, -0.25) is 9.69 Å². The molecule has 0 bridgehead atoms. The van der Waals surface area contributed by atoms with E-state index in [-0.39, 0.29) is 18.0 Å². The molecule has 0 spiro atoms. The Balaban J connectivity index is 2.09. The zero-order chi connectivity index (χ0) is 18.8. The topological polar surface area (TPSA) is 78.8 Å². The van der Waals surface area contributed by atoms with Crippen molar-refractivity contribution in [2.45, 2.75) is 31.8 Å². The highest BCUT2D eigenvalue weighted by atomic mass is 32.2. The Hall–Kier alpha value is -1.45. The van der Waals surface area contributed by atoms with Crippen LogP contribution in [0.3, 0.4) is 0 Å². The molecule has 1 saturated heterocycles. The summed E-state index contributed by atoms with van der Waals surface area (Å²) in [6, 6.07) is -0.417. The van der Waals surface area contributed by atoms with Gasteiger partial charge in [-0.1, -0.05) is 6.92 Å². The first-order chi connectivity index (χ1) is 11.7. The second kappa shape index (κ2) is 7.84. The second-order valence-corrected chi connectivity index (χ2v) is 8.75. The molecule has 25 heavy (non-hydrogen) atoms. The fourth-order valence-electron chi connectivity index (χ4n) is 3.55. The second-order valence-electron chi connectivity index (χ2n) is 6.82. The normalized spacial score (nSPS) is 18.1. The molecule has 142 valence electrons. The summed E-state index contributed by atoms with van der Waals surface area (Å²) in [5, 5.41) is 0. The van der Waals surface area contributed by atoms with Crippen molar-refractivity contribution in [3.63, 3.8) is 0 Å². The fraction of sp³-hybridized carbons (Fsp3) is 0.750. The van der Waals surface area contributed by atoms with E-state index in [1.807, 2.05) is 42.4 Å². The molecule has 0 radical (unpaired) electrons. The predicted molar refractivity (Wildman–Crippen MR) is 96.5 cm³/mol. The molecule has 1 atom stereocenters. The van der Waals surface area contributed by atoms with Crippen molar-refractivity contribution in [3.8, 4) is 0 Å². The first-order valence-electron chi connectivity index (χ1n) is 8.55. The molecule has 1 amide bonds. The number of rotatable bonds is 6. The summed E-state index contributed by atoms with van der Waals surface area (Å²) < 4.78 is 27.2. The van der Waals surface area contributed by atoms with Gasteiger partial charge in [0.25, 0.3) is 0 Å². The zero-order valence-corrected chi connectivity index (χ0v) is 16.5. The molecule has 9 heteroatoms. The fourth-order valence-corrected chi connectivity index (χ4v) is 4.77. The molecule has 0 saturated carbocycles. The van der Waals surface area contributed by atoms with Crippen molar-refractivity contribution in [2.24, 2.45) is 7.05 Å². The van der Waals surface area contributed by atoms with Gasteiger partial charge in [-0.15, -0.1) is 0 Å². The lowest BCUT2D eigenvalue weighted by Crippen LogP contribution is -2.50. The minimum absolute atomic E-state index is 0.0291. The van der Waals surface area contributed by atoms with Crippen LogP contribution in [0.15, 0.2) is 12.5 Å². The van der Waals surface area contributed by atoms with E-state index >= 15 is 0 Å². The van der Waals surface area contributed by atoms with Crippen LogP contribution in [0.5, 0.6) is 0 Å². The van der Waals surface area contributed by atoms with Gasteiger partial charge in [-0.25, -0.2) is 13.4 Å². The molecule has 1 fully saturated rings. The van der Waals surface area contributed by atoms with Crippen LogP contribution in [0, 0.1) is 0 Å². The van der Waals surface area contributed by atoms with E-state index in [4.69, 9.17) is 0 Å². The Morgan fingerprint density at radius 1 is 1.36 bits per heavy atom. The highest BCUT2D eigenvalue weighted by molar-refractivity contribution is 7.88. The predicted octanol–water partition coefficient (Wildman–Crippen LogP) is 0.295. The highest BCUT2D eigenvalue weighted by Gasteiger charge is 2.34. The maximum Gasteiger partial charge on any atom is 0.246 e. The number of hydrogen-bond donors (Lipinski definition) is 0. The van der Waals surface area contributed by atoms with Crippen LogP contribution >= 0.6 is 0 Å². The number of likely N-dealkylation sites (N-methyl/N-ethyl adjacent to an activating group) is 1. The van der Waals surface area contributed by atoms with Gasteiger partial charge in [0.05, 0.1) is 24.5 Å². The van der Waals surface area contributed by atoms with Crippen molar-refractivity contribution in [3.05, 3.63) is 18.2 Å². The number of sulfonamides is 1. The van der Waals surface area contributed by atoms with E-state index in [0.717, 1.165) is 5.69 Å². The number of aryl methyl sites for hydroxylation is 1. The summed E-state index contributed by atoms with van der Waals surface area (Å²) in [6.07, 6.45) is 5.99. The highest BCUT2D eigenvalue weighted by Crippen LogP contribution is 2.24. The molecule has 2 heterocycles. The molecule has 1 aliphatic heterocycles. The molecule has 0 aliphatic carbocycles. The number of aromatic nitrogens is 2. The summed E-state index contributed by atoms with van der Waals surface area (Å²) in [5.41, 5.74) is 0.850. The summed E-state index contributed by atoms with van der Waals surface area (Å²) >= 11 is 0. The summed E-state index contributed by atoms with van der Waals surface area (Å²) in [4.78, 5) is 20.9. The number of piperidine rings is 1. The number of imidazole rings is 1. The van der Waals surface area contributed by atoms with Crippen LogP contribution in [-0.4, -0.2) is 84.0 Å². The number of carbonyl (C=O) groups is 1. The molecule has 0 aromatic carbocycles.